The molecule has 9 heteroatoms. The number of amides is 1. The molecule has 1 aromatic heterocycles. The predicted molar refractivity (Wildman–Crippen MR) is 102 cm³/mol. The third-order valence-electron chi connectivity index (χ3n) is 3.85. The summed E-state index contributed by atoms with van der Waals surface area (Å²) in [6.45, 7) is 0. The predicted octanol–water partition coefficient (Wildman–Crippen LogP) is 5.19. The van der Waals surface area contributed by atoms with Crippen LogP contribution in [0.3, 0.4) is 0 Å². The highest BCUT2D eigenvalue weighted by Gasteiger charge is 2.30. The lowest BCUT2D eigenvalue weighted by atomic mass is 10.1. The van der Waals surface area contributed by atoms with Crippen LogP contribution in [0.4, 0.5) is 18.2 Å². The topological polar surface area (TPSA) is 75.6 Å². The quantitative estimate of drug-likeness (QED) is 0.574. The zero-order valence-corrected chi connectivity index (χ0v) is 15.5. The van der Waals surface area contributed by atoms with Gasteiger partial charge in [-0.3, -0.25) is 4.79 Å². The molecule has 2 N–H and O–H groups in total. The van der Waals surface area contributed by atoms with Gasteiger partial charge < -0.3 is 15.2 Å². The van der Waals surface area contributed by atoms with Crippen LogP contribution in [0.15, 0.2) is 60.0 Å². The molecule has 0 aliphatic carbocycles. The van der Waals surface area contributed by atoms with Crippen molar-refractivity contribution in [2.24, 2.45) is 0 Å². The largest absolute Gasteiger partial charge is 0.573 e. The Kier molecular flexibility index (Phi) is 5.88. The van der Waals surface area contributed by atoms with Crippen molar-refractivity contribution in [2.45, 2.75) is 12.8 Å². The second-order valence-corrected chi connectivity index (χ2v) is 6.91. The summed E-state index contributed by atoms with van der Waals surface area (Å²) < 4.78 is 40.5. The Morgan fingerprint density at radius 2 is 1.66 bits per heavy atom. The second-order valence-electron chi connectivity index (χ2n) is 6.00. The summed E-state index contributed by atoms with van der Waals surface area (Å²) in [5.74, 6) is -1.61. The number of alkyl halides is 3. The maximum atomic E-state index is 12.2. The number of anilines is 1. The molecule has 0 aliphatic rings. The van der Waals surface area contributed by atoms with Gasteiger partial charge in [-0.1, -0.05) is 24.3 Å². The molecule has 0 unspecified atom stereocenters. The van der Waals surface area contributed by atoms with E-state index in [1.165, 1.54) is 47.7 Å². The molecule has 0 fully saturated rings. The van der Waals surface area contributed by atoms with Crippen molar-refractivity contribution in [1.82, 2.24) is 0 Å². The van der Waals surface area contributed by atoms with Crippen LogP contribution in [0.5, 0.6) is 5.75 Å². The molecule has 29 heavy (non-hydrogen) atoms. The zero-order chi connectivity index (χ0) is 21.0. The standard InChI is InChI=1S/C20H14F3NO4S/c21-20(22,23)28-16-7-5-13(6-8-16)15-10-18(29-11-15)24-17(25)9-12-1-3-14(4-2-12)19(26)27/h1-8,10-11H,9H2,(H,24,25)(H,26,27). The molecule has 1 heterocycles. The molecule has 2 aromatic carbocycles. The van der Waals surface area contributed by atoms with Crippen LogP contribution in [0.1, 0.15) is 15.9 Å². The molecular formula is C20H14F3NO4S. The van der Waals surface area contributed by atoms with E-state index in [0.717, 1.165) is 5.56 Å². The highest BCUT2D eigenvalue weighted by molar-refractivity contribution is 7.14. The zero-order valence-electron chi connectivity index (χ0n) is 14.7. The van der Waals surface area contributed by atoms with Crippen LogP contribution in [0.2, 0.25) is 0 Å². The van der Waals surface area contributed by atoms with Crippen LogP contribution in [0.25, 0.3) is 11.1 Å². The summed E-state index contributed by atoms with van der Waals surface area (Å²) >= 11 is 1.28. The number of thiophene rings is 1. The monoisotopic (exact) mass is 421 g/mol. The van der Waals surface area contributed by atoms with Gasteiger partial charge in [0.2, 0.25) is 5.91 Å². The Hall–Kier alpha value is -3.33. The first-order valence-electron chi connectivity index (χ1n) is 8.26. The van der Waals surface area contributed by atoms with E-state index in [0.29, 0.717) is 16.1 Å². The molecule has 3 rings (SSSR count). The van der Waals surface area contributed by atoms with Gasteiger partial charge in [-0.15, -0.1) is 24.5 Å². The van der Waals surface area contributed by atoms with Crippen LogP contribution in [-0.4, -0.2) is 23.3 Å². The number of nitrogens with one attached hydrogen (secondary N) is 1. The highest BCUT2D eigenvalue weighted by Crippen LogP contribution is 2.31. The van der Waals surface area contributed by atoms with Crippen molar-refractivity contribution in [3.63, 3.8) is 0 Å². The minimum atomic E-state index is -4.74. The van der Waals surface area contributed by atoms with Gasteiger partial charge in [-0.2, -0.15) is 0 Å². The number of rotatable bonds is 6. The van der Waals surface area contributed by atoms with E-state index in [2.05, 4.69) is 10.1 Å². The molecule has 0 saturated heterocycles. The third kappa shape index (κ3) is 5.82. The first kappa shape index (κ1) is 20.4. The molecule has 150 valence electrons. The number of carboxylic acid groups (broad SMARTS) is 1. The van der Waals surface area contributed by atoms with Gasteiger partial charge in [0.05, 0.1) is 17.0 Å². The average molecular weight is 421 g/mol. The van der Waals surface area contributed by atoms with E-state index in [-0.39, 0.29) is 23.6 Å². The third-order valence-corrected chi connectivity index (χ3v) is 4.69. The van der Waals surface area contributed by atoms with Crippen molar-refractivity contribution >= 4 is 28.2 Å². The smallest absolute Gasteiger partial charge is 0.478 e. The van der Waals surface area contributed by atoms with E-state index in [1.54, 1.807) is 23.6 Å². The average Bonchev–Trinajstić information content (AvgIpc) is 3.09. The Labute approximate surface area is 167 Å². The number of ether oxygens (including phenoxy) is 1. The fourth-order valence-electron chi connectivity index (χ4n) is 2.53. The number of halogens is 3. The van der Waals surface area contributed by atoms with Crippen molar-refractivity contribution in [1.29, 1.82) is 0 Å². The Bertz CT molecular complexity index is 1010. The summed E-state index contributed by atoms with van der Waals surface area (Å²) in [6.07, 6.45) is -4.66. The molecule has 1 amide bonds. The Balaban J connectivity index is 1.61. The van der Waals surface area contributed by atoms with Crippen molar-refractivity contribution in [3.8, 4) is 16.9 Å². The van der Waals surface area contributed by atoms with Gasteiger partial charge in [-0.25, -0.2) is 4.79 Å². The summed E-state index contributed by atoms with van der Waals surface area (Å²) in [5.41, 5.74) is 2.24. The number of carboxylic acids is 1. The Morgan fingerprint density at radius 3 is 2.24 bits per heavy atom. The normalized spacial score (nSPS) is 11.1. The highest BCUT2D eigenvalue weighted by atomic mass is 32.1. The van der Waals surface area contributed by atoms with Crippen LogP contribution in [0, 0.1) is 0 Å². The van der Waals surface area contributed by atoms with E-state index >= 15 is 0 Å². The van der Waals surface area contributed by atoms with Crippen LogP contribution >= 0.6 is 11.3 Å². The maximum Gasteiger partial charge on any atom is 0.573 e. The molecule has 0 bridgehead atoms. The van der Waals surface area contributed by atoms with Crippen molar-refractivity contribution < 1.29 is 32.6 Å². The van der Waals surface area contributed by atoms with E-state index < -0.39 is 12.3 Å². The number of hydrogen-bond acceptors (Lipinski definition) is 4. The number of hydrogen-bond donors (Lipinski definition) is 2. The van der Waals surface area contributed by atoms with Gasteiger partial charge in [0, 0.05) is 5.38 Å². The Morgan fingerprint density at radius 1 is 1.00 bits per heavy atom. The fraction of sp³-hybridized carbons (Fsp3) is 0.100. The molecule has 0 saturated carbocycles. The SMILES string of the molecule is O=C(Cc1ccc(C(=O)O)cc1)Nc1cc(-c2ccc(OC(F)(F)F)cc2)cs1. The first-order chi connectivity index (χ1) is 13.7. The van der Waals surface area contributed by atoms with Gasteiger partial charge in [-0.05, 0) is 47.0 Å². The van der Waals surface area contributed by atoms with Gasteiger partial charge >= 0.3 is 12.3 Å². The second kappa shape index (κ2) is 8.36. The summed E-state index contributed by atoms with van der Waals surface area (Å²) in [6, 6.07) is 13.2. The molecule has 3 aromatic rings. The number of aromatic carboxylic acids is 1. The van der Waals surface area contributed by atoms with E-state index in [1.807, 2.05) is 0 Å². The van der Waals surface area contributed by atoms with Crippen molar-refractivity contribution in [3.05, 3.63) is 71.1 Å². The molecule has 5 nitrogen and oxygen atoms in total. The van der Waals surface area contributed by atoms with E-state index in [4.69, 9.17) is 5.11 Å². The van der Waals surface area contributed by atoms with E-state index in [9.17, 15) is 22.8 Å². The fourth-order valence-corrected chi connectivity index (χ4v) is 3.36. The summed E-state index contributed by atoms with van der Waals surface area (Å²) in [7, 11) is 0. The molecule has 0 spiro atoms. The lowest BCUT2D eigenvalue weighted by Crippen LogP contribution is -2.16. The minimum absolute atomic E-state index is 0.0800. The maximum absolute atomic E-state index is 12.2. The lowest BCUT2D eigenvalue weighted by Gasteiger charge is -2.08. The first-order valence-corrected chi connectivity index (χ1v) is 9.14. The molecule has 0 radical (unpaired) electrons. The van der Waals surface area contributed by atoms with Crippen LogP contribution < -0.4 is 10.1 Å². The molecule has 0 aliphatic heterocycles. The van der Waals surface area contributed by atoms with Gasteiger partial charge in [0.15, 0.2) is 0 Å². The van der Waals surface area contributed by atoms with Gasteiger partial charge in [0.1, 0.15) is 5.75 Å². The van der Waals surface area contributed by atoms with Gasteiger partial charge in [0.25, 0.3) is 0 Å². The van der Waals surface area contributed by atoms with Crippen molar-refractivity contribution in [2.75, 3.05) is 5.32 Å². The molecular weight excluding hydrogens is 407 g/mol. The lowest BCUT2D eigenvalue weighted by molar-refractivity contribution is -0.274. The number of carbonyl (C=O) groups is 2. The molecule has 0 atom stereocenters. The number of carbonyl (C=O) groups excluding carboxylic acids is 1. The minimum Gasteiger partial charge on any atom is -0.478 e. The summed E-state index contributed by atoms with van der Waals surface area (Å²) in [5, 5.41) is 14.0. The number of benzene rings is 2. The summed E-state index contributed by atoms with van der Waals surface area (Å²) in [4.78, 5) is 23.0. The van der Waals surface area contributed by atoms with Crippen LogP contribution in [-0.2, 0) is 11.2 Å².